The van der Waals surface area contributed by atoms with E-state index in [0.717, 1.165) is 24.3 Å². The molecule has 0 heterocycles. The molecular formula is C33H66O2P2. The van der Waals surface area contributed by atoms with E-state index >= 15 is 0 Å². The van der Waals surface area contributed by atoms with Crippen LogP contribution in [-0.2, 0) is 12.8 Å². The van der Waals surface area contributed by atoms with Crippen molar-refractivity contribution in [2.24, 2.45) is 0 Å². The molecule has 0 amide bonds. The van der Waals surface area contributed by atoms with Gasteiger partial charge in [-0.1, -0.05) is 114 Å². The number of benzene rings is 2. The molecule has 2 atom stereocenters. The van der Waals surface area contributed by atoms with Crippen LogP contribution in [0, 0.1) is 13.8 Å². The van der Waals surface area contributed by atoms with Crippen molar-refractivity contribution in [3.63, 3.8) is 0 Å². The molecule has 0 aliphatic heterocycles. The van der Waals surface area contributed by atoms with Crippen LogP contribution in [0.4, 0.5) is 0 Å². The van der Waals surface area contributed by atoms with Gasteiger partial charge in [-0.2, -0.15) is 0 Å². The molecule has 37 heavy (non-hydrogen) atoms. The molecule has 2 nitrogen and oxygen atoms in total. The summed E-state index contributed by atoms with van der Waals surface area (Å²) in [5, 5.41) is 0. The molecule has 0 N–H and O–H groups in total. The number of hydrogen-bond donors (Lipinski definition) is 0. The lowest BCUT2D eigenvalue weighted by Gasteiger charge is -2.10. The summed E-state index contributed by atoms with van der Waals surface area (Å²) in [6.07, 6.45) is 11.3. The minimum Gasteiger partial charge on any atom is -0.477 e. The molecule has 0 fully saturated rings. The Morgan fingerprint density at radius 3 is 1.11 bits per heavy atom. The van der Waals surface area contributed by atoms with Gasteiger partial charge in [0.1, 0.15) is 11.5 Å². The van der Waals surface area contributed by atoms with Crippen LogP contribution >= 0.6 is 17.6 Å². The Kier molecular flexibility index (Phi) is 38.5. The first-order chi connectivity index (χ1) is 16.0. The number of unbranched alkanes of at least 4 members (excludes halogenated alkanes) is 4. The molecule has 2 unspecified atom stereocenters. The minimum atomic E-state index is 0. The monoisotopic (exact) mass is 556 g/mol. The third-order valence-corrected chi connectivity index (χ3v) is 6.02. The van der Waals surface area contributed by atoms with Gasteiger partial charge in [0.2, 0.25) is 0 Å². The third-order valence-electron chi connectivity index (χ3n) is 5.18. The van der Waals surface area contributed by atoms with E-state index in [1.54, 1.807) is 0 Å². The summed E-state index contributed by atoms with van der Waals surface area (Å²) in [6.45, 7) is 17.2. The highest BCUT2D eigenvalue weighted by Crippen LogP contribution is 2.27. The molecule has 0 saturated carbocycles. The smallest absolute Gasteiger partial charge is 0.126 e. The van der Waals surface area contributed by atoms with Crippen LogP contribution in [-0.4, -0.2) is 13.3 Å². The lowest BCUT2D eigenvalue weighted by Crippen LogP contribution is -1.90. The highest BCUT2D eigenvalue weighted by Gasteiger charge is 2.03. The van der Waals surface area contributed by atoms with Gasteiger partial charge in [0, 0.05) is 0 Å². The van der Waals surface area contributed by atoms with Gasteiger partial charge in [-0.05, 0) is 87.2 Å². The van der Waals surface area contributed by atoms with Crippen LogP contribution in [0.2, 0.25) is 0 Å². The second kappa shape index (κ2) is 31.1. The van der Waals surface area contributed by atoms with Crippen molar-refractivity contribution in [2.45, 2.75) is 129 Å². The number of hydrogen-bond acceptors (Lipinski definition) is 2. The number of aryl methyl sites for hydroxylation is 4. The molecule has 4 heteroatoms. The van der Waals surface area contributed by atoms with Gasteiger partial charge >= 0.3 is 0 Å². The van der Waals surface area contributed by atoms with Crippen LogP contribution < -0.4 is 9.05 Å². The Balaban J connectivity index is -0.000000143. The first kappa shape index (κ1) is 45.8. The van der Waals surface area contributed by atoms with Crippen molar-refractivity contribution in [3.05, 3.63) is 58.7 Å². The molecule has 0 radical (unpaired) electrons. The summed E-state index contributed by atoms with van der Waals surface area (Å²) in [5.74, 6) is 2.17. The van der Waals surface area contributed by atoms with Crippen molar-refractivity contribution in [2.75, 3.05) is 13.3 Å². The van der Waals surface area contributed by atoms with E-state index in [1.807, 2.05) is 0 Å². The van der Waals surface area contributed by atoms with E-state index < -0.39 is 0 Å². The first-order valence-electron chi connectivity index (χ1n) is 12.8. The van der Waals surface area contributed by atoms with Gasteiger partial charge in [0.15, 0.2) is 0 Å². The van der Waals surface area contributed by atoms with Crippen molar-refractivity contribution in [3.8, 4) is 11.5 Å². The zero-order valence-electron chi connectivity index (χ0n) is 22.6. The van der Waals surface area contributed by atoms with E-state index in [4.69, 9.17) is 9.05 Å². The van der Waals surface area contributed by atoms with Gasteiger partial charge in [-0.3, -0.25) is 0 Å². The molecule has 2 aromatic carbocycles. The van der Waals surface area contributed by atoms with E-state index in [9.17, 15) is 0 Å². The van der Waals surface area contributed by atoms with Gasteiger partial charge in [0.05, 0.1) is 17.6 Å². The summed E-state index contributed by atoms with van der Waals surface area (Å²) in [5.41, 5.74) is 5.26. The molecule has 0 aliphatic carbocycles. The predicted molar refractivity (Wildman–Crippen MR) is 181 cm³/mol. The second-order valence-electron chi connectivity index (χ2n) is 8.40. The standard InChI is InChI=1S/2C12H19OP.C5H12.4CH4/c2*1-4-5-6-11-8-7-10(2)9-12(11)13-14-3;1-3-5-4-2;;;;/h2*7-9,14H,4-6H2,1-3H3;3-5H2,1-2H3;4*1H4. The largest absolute Gasteiger partial charge is 0.477 e. The molecule has 2 rings (SSSR count). The maximum absolute atomic E-state index is 5.64. The lowest BCUT2D eigenvalue weighted by atomic mass is 10.1. The Morgan fingerprint density at radius 1 is 0.541 bits per heavy atom. The molecule has 0 aliphatic rings. The average Bonchev–Trinajstić information content (AvgIpc) is 2.80. The van der Waals surface area contributed by atoms with E-state index in [-0.39, 0.29) is 29.7 Å². The molecule has 0 aromatic heterocycles. The third kappa shape index (κ3) is 22.6. The van der Waals surface area contributed by atoms with Crippen LogP contribution in [0.1, 0.15) is 125 Å². The van der Waals surface area contributed by atoms with Gasteiger partial charge < -0.3 is 9.05 Å². The molecular weight excluding hydrogens is 490 g/mol. The summed E-state index contributed by atoms with van der Waals surface area (Å²) in [7, 11) is 1.07. The summed E-state index contributed by atoms with van der Waals surface area (Å²) < 4.78 is 11.3. The van der Waals surface area contributed by atoms with Crippen molar-refractivity contribution < 1.29 is 9.05 Å². The van der Waals surface area contributed by atoms with E-state index in [1.165, 1.54) is 67.2 Å². The zero-order chi connectivity index (χ0) is 24.9. The van der Waals surface area contributed by atoms with Crippen molar-refractivity contribution in [1.29, 1.82) is 0 Å². The van der Waals surface area contributed by atoms with Crippen LogP contribution in [0.5, 0.6) is 11.5 Å². The van der Waals surface area contributed by atoms with Gasteiger partial charge in [-0.15, -0.1) is 0 Å². The SMILES string of the molecule is C.C.C.C.CCCCC.CCCCc1ccc(C)cc1OPC.CCCCc1ccc(C)cc1OPC. The summed E-state index contributed by atoms with van der Waals surface area (Å²) >= 11 is 0. The topological polar surface area (TPSA) is 18.5 Å². The normalized spacial score (nSPS) is 9.51. The number of rotatable bonds is 12. The Morgan fingerprint density at radius 2 is 0.865 bits per heavy atom. The molecule has 0 spiro atoms. The van der Waals surface area contributed by atoms with E-state index in [0.29, 0.717) is 17.6 Å². The molecule has 2 aromatic rings. The maximum Gasteiger partial charge on any atom is 0.126 e. The van der Waals surface area contributed by atoms with Gasteiger partial charge in [-0.25, -0.2) is 0 Å². The van der Waals surface area contributed by atoms with Crippen LogP contribution in [0.15, 0.2) is 36.4 Å². The average molecular weight is 557 g/mol. The summed E-state index contributed by atoms with van der Waals surface area (Å²) in [4.78, 5) is 0. The quantitative estimate of drug-likeness (QED) is 0.242. The van der Waals surface area contributed by atoms with Crippen molar-refractivity contribution >= 4 is 17.6 Å². The summed E-state index contributed by atoms with van der Waals surface area (Å²) in [6, 6.07) is 13.0. The first-order valence-corrected chi connectivity index (χ1v) is 15.6. The fourth-order valence-corrected chi connectivity index (χ4v) is 4.05. The lowest BCUT2D eigenvalue weighted by molar-refractivity contribution is 0.617. The molecule has 0 saturated heterocycles. The predicted octanol–water partition coefficient (Wildman–Crippen LogP) is 12.6. The van der Waals surface area contributed by atoms with Crippen LogP contribution in [0.3, 0.4) is 0 Å². The second-order valence-corrected chi connectivity index (χ2v) is 9.62. The van der Waals surface area contributed by atoms with Crippen LogP contribution in [0.25, 0.3) is 0 Å². The Labute approximate surface area is 238 Å². The Hall–Kier alpha value is -1.10. The fourth-order valence-electron chi connectivity index (χ4n) is 3.23. The fraction of sp³-hybridized carbons (Fsp3) is 0.636. The minimum absolute atomic E-state index is 0. The van der Waals surface area contributed by atoms with Crippen molar-refractivity contribution in [1.82, 2.24) is 0 Å². The Bertz CT molecular complexity index is 671. The van der Waals surface area contributed by atoms with Gasteiger partial charge in [0.25, 0.3) is 0 Å². The van der Waals surface area contributed by atoms with E-state index in [2.05, 4.69) is 91.3 Å². The zero-order valence-corrected chi connectivity index (χ0v) is 24.6. The maximum atomic E-state index is 5.64. The molecule has 0 bridgehead atoms. The highest BCUT2D eigenvalue weighted by molar-refractivity contribution is 7.31. The molecule has 220 valence electrons. The highest BCUT2D eigenvalue weighted by atomic mass is 31.1.